The summed E-state index contributed by atoms with van der Waals surface area (Å²) in [5.41, 5.74) is 6.36. The van der Waals surface area contributed by atoms with Crippen LogP contribution in [0.5, 0.6) is 0 Å². The average molecular weight is 285 g/mol. The fourth-order valence-electron chi connectivity index (χ4n) is 1.95. The van der Waals surface area contributed by atoms with E-state index >= 15 is 0 Å². The fraction of sp³-hybridized carbons (Fsp3) is 0.667. The summed E-state index contributed by atoms with van der Waals surface area (Å²) in [7, 11) is 0. The van der Waals surface area contributed by atoms with Gasteiger partial charge >= 0.3 is 0 Å². The topological polar surface area (TPSA) is 71.8 Å². The summed E-state index contributed by atoms with van der Waals surface area (Å²) in [4.78, 5) is 19.2. The molecule has 1 aromatic rings. The third-order valence-corrected chi connectivity index (χ3v) is 6.67. The first-order chi connectivity index (χ1) is 8.52. The highest BCUT2D eigenvalue weighted by Gasteiger charge is 2.28. The largest absolute Gasteiger partial charge is 0.383 e. The summed E-state index contributed by atoms with van der Waals surface area (Å²) in [5, 5.41) is 1.44. The predicted molar refractivity (Wildman–Crippen MR) is 80.4 cm³/mol. The van der Waals surface area contributed by atoms with E-state index in [0.717, 1.165) is 11.6 Å². The molecule has 18 heavy (non-hydrogen) atoms. The molecule has 3 unspecified atom stereocenters. The highest BCUT2D eigenvalue weighted by Crippen LogP contribution is 2.43. The number of H-pyrrole nitrogens is 1. The number of anilines is 1. The minimum Gasteiger partial charge on any atom is -0.383 e. The predicted octanol–water partition coefficient (Wildman–Crippen LogP) is 2.21. The van der Waals surface area contributed by atoms with E-state index in [4.69, 9.17) is 5.73 Å². The van der Waals surface area contributed by atoms with Gasteiger partial charge in [0.1, 0.15) is 11.6 Å². The molecule has 0 aromatic carbocycles. The van der Waals surface area contributed by atoms with Crippen LogP contribution in [0.3, 0.4) is 0 Å². The number of nitrogens with two attached hydrogens (primary N) is 1. The molecule has 4 nitrogen and oxygen atoms in total. The lowest BCUT2D eigenvalue weighted by Gasteiger charge is -2.30. The smallest absolute Gasteiger partial charge is 0.256 e. The number of aromatic nitrogens is 2. The summed E-state index contributed by atoms with van der Waals surface area (Å²) >= 11 is 3.80. The van der Waals surface area contributed by atoms with Gasteiger partial charge in [-0.05, 0) is 6.42 Å². The molecular formula is C12H19N3OS2. The van der Waals surface area contributed by atoms with Gasteiger partial charge in [0.05, 0.1) is 10.8 Å². The minimum absolute atomic E-state index is 0.0862. The van der Waals surface area contributed by atoms with Crippen molar-refractivity contribution in [1.82, 2.24) is 9.97 Å². The lowest BCUT2D eigenvalue weighted by molar-refractivity contribution is 0.845. The summed E-state index contributed by atoms with van der Waals surface area (Å²) < 4.78 is 0. The van der Waals surface area contributed by atoms with Gasteiger partial charge in [0.15, 0.2) is 0 Å². The maximum atomic E-state index is 11.9. The molecule has 1 aliphatic heterocycles. The van der Waals surface area contributed by atoms with Gasteiger partial charge in [-0.15, -0.1) is 11.8 Å². The van der Waals surface area contributed by atoms with Crippen molar-refractivity contribution in [2.24, 2.45) is 0 Å². The minimum atomic E-state index is -0.0862. The lowest BCUT2D eigenvalue weighted by atomic mass is 10.2. The monoisotopic (exact) mass is 285 g/mol. The van der Waals surface area contributed by atoms with Crippen LogP contribution in [-0.4, -0.2) is 26.2 Å². The molecule has 0 radical (unpaired) electrons. The van der Waals surface area contributed by atoms with E-state index in [1.54, 1.807) is 0 Å². The van der Waals surface area contributed by atoms with Gasteiger partial charge in [0.25, 0.3) is 5.56 Å². The van der Waals surface area contributed by atoms with E-state index in [9.17, 15) is 4.79 Å². The molecule has 1 aromatic heterocycles. The second-order valence-electron chi connectivity index (χ2n) is 4.54. The molecular weight excluding hydrogens is 266 g/mol. The number of hydrogen-bond donors (Lipinski definition) is 2. The Bertz CT molecular complexity index is 489. The molecule has 0 spiro atoms. The molecule has 3 atom stereocenters. The van der Waals surface area contributed by atoms with Crippen molar-refractivity contribution < 1.29 is 0 Å². The Labute approximate surface area is 116 Å². The molecule has 2 rings (SSSR count). The van der Waals surface area contributed by atoms with Crippen LogP contribution in [0.4, 0.5) is 5.82 Å². The highest BCUT2D eigenvalue weighted by atomic mass is 32.2. The maximum absolute atomic E-state index is 11.9. The number of nitrogen functional groups attached to an aromatic ring is 1. The third-order valence-electron chi connectivity index (χ3n) is 3.27. The summed E-state index contributed by atoms with van der Waals surface area (Å²) in [6, 6.07) is 0. The van der Waals surface area contributed by atoms with Crippen LogP contribution in [0.2, 0.25) is 0 Å². The summed E-state index contributed by atoms with van der Waals surface area (Å²) in [5.74, 6) is 2.09. The van der Waals surface area contributed by atoms with E-state index < -0.39 is 0 Å². The number of nitrogens with one attached hydrogen (secondary N) is 1. The highest BCUT2D eigenvalue weighted by molar-refractivity contribution is 8.07. The Morgan fingerprint density at radius 3 is 2.72 bits per heavy atom. The van der Waals surface area contributed by atoms with E-state index in [2.05, 4.69) is 23.8 Å². The van der Waals surface area contributed by atoms with Crippen molar-refractivity contribution in [1.29, 1.82) is 0 Å². The van der Waals surface area contributed by atoms with Crippen molar-refractivity contribution in [3.8, 4) is 0 Å². The van der Waals surface area contributed by atoms with Gasteiger partial charge < -0.3 is 10.7 Å². The van der Waals surface area contributed by atoms with Crippen molar-refractivity contribution in [3.05, 3.63) is 21.7 Å². The number of thioether (sulfide) groups is 2. The second kappa shape index (κ2) is 5.57. The SMILES string of the molecule is CCc1c(N)nc(C2CSC(C)C(C)S2)[nH]c1=O. The van der Waals surface area contributed by atoms with Crippen LogP contribution >= 0.6 is 23.5 Å². The molecule has 1 aliphatic rings. The Morgan fingerprint density at radius 2 is 2.17 bits per heavy atom. The van der Waals surface area contributed by atoms with Crippen molar-refractivity contribution >= 4 is 29.3 Å². The standard InChI is InChI=1S/C12H19N3OS2/c1-4-8-10(13)14-11(15-12(8)16)9-5-17-6(2)7(3)18-9/h6-7,9H,4-5H2,1-3H3,(H3,13,14,15,16). The van der Waals surface area contributed by atoms with Crippen LogP contribution in [0.15, 0.2) is 4.79 Å². The molecule has 0 bridgehead atoms. The van der Waals surface area contributed by atoms with Crippen LogP contribution in [0.25, 0.3) is 0 Å². The quantitative estimate of drug-likeness (QED) is 0.871. The van der Waals surface area contributed by atoms with Crippen molar-refractivity contribution in [2.75, 3.05) is 11.5 Å². The third kappa shape index (κ3) is 2.69. The Morgan fingerprint density at radius 1 is 1.44 bits per heavy atom. The molecule has 0 saturated carbocycles. The number of aromatic amines is 1. The van der Waals surface area contributed by atoms with Crippen LogP contribution in [0.1, 0.15) is 37.4 Å². The van der Waals surface area contributed by atoms with Gasteiger partial charge in [-0.2, -0.15) is 11.8 Å². The van der Waals surface area contributed by atoms with E-state index in [-0.39, 0.29) is 10.8 Å². The van der Waals surface area contributed by atoms with Crippen LogP contribution in [0, 0.1) is 0 Å². The Balaban J connectivity index is 2.27. The van der Waals surface area contributed by atoms with E-state index in [1.165, 1.54) is 0 Å². The average Bonchev–Trinajstić information content (AvgIpc) is 2.32. The molecule has 100 valence electrons. The first kappa shape index (κ1) is 13.8. The Kier molecular flexibility index (Phi) is 4.27. The number of hydrogen-bond acceptors (Lipinski definition) is 5. The second-order valence-corrected chi connectivity index (χ2v) is 7.53. The van der Waals surface area contributed by atoms with E-state index in [1.807, 2.05) is 30.4 Å². The summed E-state index contributed by atoms with van der Waals surface area (Å²) in [6.07, 6.45) is 0.619. The fourth-order valence-corrected chi connectivity index (χ4v) is 4.82. The molecule has 0 aliphatic carbocycles. The van der Waals surface area contributed by atoms with E-state index in [0.29, 0.717) is 28.3 Å². The summed E-state index contributed by atoms with van der Waals surface area (Å²) in [6.45, 7) is 6.37. The molecule has 1 saturated heterocycles. The first-order valence-corrected chi connectivity index (χ1v) is 8.17. The Hall–Kier alpha value is -0.620. The zero-order valence-corrected chi connectivity index (χ0v) is 12.5. The van der Waals surface area contributed by atoms with Gasteiger partial charge in [-0.1, -0.05) is 20.8 Å². The first-order valence-electron chi connectivity index (χ1n) is 6.18. The number of nitrogens with zero attached hydrogens (tertiary/aromatic N) is 1. The number of rotatable bonds is 2. The lowest BCUT2D eigenvalue weighted by Crippen LogP contribution is -2.26. The zero-order chi connectivity index (χ0) is 13.3. The molecule has 6 heteroatoms. The molecule has 3 N–H and O–H groups in total. The maximum Gasteiger partial charge on any atom is 0.256 e. The molecule has 0 amide bonds. The van der Waals surface area contributed by atoms with Gasteiger partial charge in [-0.3, -0.25) is 4.79 Å². The normalized spacial score (nSPS) is 28.3. The van der Waals surface area contributed by atoms with Crippen molar-refractivity contribution in [3.63, 3.8) is 0 Å². The van der Waals surface area contributed by atoms with Crippen LogP contribution < -0.4 is 11.3 Å². The molecule has 2 heterocycles. The van der Waals surface area contributed by atoms with Crippen LogP contribution in [-0.2, 0) is 6.42 Å². The zero-order valence-electron chi connectivity index (χ0n) is 10.9. The van der Waals surface area contributed by atoms with Gasteiger partial charge in [-0.25, -0.2) is 4.98 Å². The molecule has 1 fully saturated rings. The van der Waals surface area contributed by atoms with Gasteiger partial charge in [0.2, 0.25) is 0 Å². The van der Waals surface area contributed by atoms with Crippen molar-refractivity contribution in [2.45, 2.75) is 42.9 Å². The van der Waals surface area contributed by atoms with Gasteiger partial charge in [0, 0.05) is 16.3 Å².